The first kappa shape index (κ1) is 14.7. The standard InChI is InChI=1S/C14H21N3O3S/c1-19-9-11-7-15-13(21-11)16-14(18)17-5-6-20-12(8-17)10-3-2-4-10/h7,10,12H,2-6,8-9H2,1H3,(H,15,16,18). The van der Waals surface area contributed by atoms with Crippen molar-refractivity contribution >= 4 is 22.5 Å². The molecule has 6 nitrogen and oxygen atoms in total. The first-order chi connectivity index (χ1) is 10.3. The van der Waals surface area contributed by atoms with E-state index in [1.54, 1.807) is 13.3 Å². The van der Waals surface area contributed by atoms with E-state index in [4.69, 9.17) is 9.47 Å². The Kier molecular flexibility index (Phi) is 4.72. The molecule has 1 unspecified atom stereocenters. The van der Waals surface area contributed by atoms with E-state index in [1.807, 2.05) is 4.90 Å². The minimum atomic E-state index is -0.0825. The van der Waals surface area contributed by atoms with Gasteiger partial charge in [0.2, 0.25) is 0 Å². The van der Waals surface area contributed by atoms with E-state index in [2.05, 4.69) is 10.3 Å². The molecule has 1 N–H and O–H groups in total. The third-order valence-electron chi connectivity index (χ3n) is 4.11. The van der Waals surface area contributed by atoms with Gasteiger partial charge in [-0.1, -0.05) is 17.8 Å². The Bertz CT molecular complexity index is 490. The normalized spacial score (nSPS) is 22.9. The number of anilines is 1. The van der Waals surface area contributed by atoms with Crippen LogP contribution in [0.2, 0.25) is 0 Å². The lowest BCUT2D eigenvalue weighted by Gasteiger charge is -2.40. The van der Waals surface area contributed by atoms with Crippen molar-refractivity contribution in [3.05, 3.63) is 11.1 Å². The highest BCUT2D eigenvalue weighted by Crippen LogP contribution is 2.32. The quantitative estimate of drug-likeness (QED) is 0.927. The molecule has 2 fully saturated rings. The van der Waals surface area contributed by atoms with Gasteiger partial charge in [0.25, 0.3) is 0 Å². The number of hydrogen-bond donors (Lipinski definition) is 1. The molecule has 2 heterocycles. The highest BCUT2D eigenvalue weighted by atomic mass is 32.1. The number of nitrogens with zero attached hydrogens (tertiary/aromatic N) is 2. The lowest BCUT2D eigenvalue weighted by molar-refractivity contribution is -0.0615. The van der Waals surface area contributed by atoms with Gasteiger partial charge in [0.05, 0.1) is 24.2 Å². The number of morpholine rings is 1. The minimum absolute atomic E-state index is 0.0825. The van der Waals surface area contributed by atoms with Crippen LogP contribution in [-0.4, -0.2) is 48.8 Å². The number of aromatic nitrogens is 1. The molecule has 0 aromatic carbocycles. The zero-order chi connectivity index (χ0) is 14.7. The second kappa shape index (κ2) is 6.72. The SMILES string of the molecule is COCc1cnc(NC(=O)N2CCOC(C3CCC3)C2)s1. The predicted molar refractivity (Wildman–Crippen MR) is 80.5 cm³/mol. The van der Waals surface area contributed by atoms with Crippen LogP contribution in [0.15, 0.2) is 6.20 Å². The van der Waals surface area contributed by atoms with Gasteiger partial charge < -0.3 is 14.4 Å². The molecule has 2 amide bonds. The Labute approximate surface area is 128 Å². The van der Waals surface area contributed by atoms with Crippen LogP contribution in [0, 0.1) is 5.92 Å². The van der Waals surface area contributed by atoms with E-state index in [9.17, 15) is 4.79 Å². The molecular formula is C14H21N3O3S. The molecule has 1 saturated carbocycles. The molecule has 1 aromatic rings. The summed E-state index contributed by atoms with van der Waals surface area (Å²) in [5, 5.41) is 3.49. The van der Waals surface area contributed by atoms with E-state index in [0.29, 0.717) is 37.4 Å². The molecule has 1 aromatic heterocycles. The van der Waals surface area contributed by atoms with E-state index in [0.717, 1.165) is 4.88 Å². The van der Waals surface area contributed by atoms with Gasteiger partial charge in [0.1, 0.15) is 0 Å². The third-order valence-corrected chi connectivity index (χ3v) is 5.00. The van der Waals surface area contributed by atoms with Gasteiger partial charge in [-0.05, 0) is 18.8 Å². The summed E-state index contributed by atoms with van der Waals surface area (Å²) in [7, 11) is 1.65. The first-order valence-electron chi connectivity index (χ1n) is 7.37. The van der Waals surface area contributed by atoms with Crippen molar-refractivity contribution in [1.82, 2.24) is 9.88 Å². The highest BCUT2D eigenvalue weighted by molar-refractivity contribution is 7.15. The van der Waals surface area contributed by atoms with Gasteiger partial charge in [-0.15, -0.1) is 0 Å². The summed E-state index contributed by atoms with van der Waals surface area (Å²) in [6, 6.07) is -0.0825. The largest absolute Gasteiger partial charge is 0.379 e. The number of urea groups is 1. The summed E-state index contributed by atoms with van der Waals surface area (Å²) in [5.74, 6) is 0.633. The topological polar surface area (TPSA) is 63.7 Å². The predicted octanol–water partition coefficient (Wildman–Crippen LogP) is 2.32. The first-order valence-corrected chi connectivity index (χ1v) is 8.19. The van der Waals surface area contributed by atoms with Crippen LogP contribution >= 0.6 is 11.3 Å². The maximum absolute atomic E-state index is 12.3. The fraction of sp³-hybridized carbons (Fsp3) is 0.714. The molecule has 7 heteroatoms. The average Bonchev–Trinajstić information content (AvgIpc) is 2.85. The number of thiazole rings is 1. The van der Waals surface area contributed by atoms with Gasteiger partial charge >= 0.3 is 6.03 Å². The molecule has 21 heavy (non-hydrogen) atoms. The summed E-state index contributed by atoms with van der Waals surface area (Å²) < 4.78 is 10.8. The number of nitrogens with one attached hydrogen (secondary N) is 1. The second-order valence-electron chi connectivity index (χ2n) is 5.54. The van der Waals surface area contributed by atoms with Crippen LogP contribution in [0.3, 0.4) is 0 Å². The average molecular weight is 311 g/mol. The molecular weight excluding hydrogens is 290 g/mol. The van der Waals surface area contributed by atoms with Gasteiger partial charge in [-0.3, -0.25) is 5.32 Å². The molecule has 0 radical (unpaired) electrons. The van der Waals surface area contributed by atoms with Crippen LogP contribution in [0.1, 0.15) is 24.1 Å². The number of hydrogen-bond acceptors (Lipinski definition) is 5. The summed E-state index contributed by atoms with van der Waals surface area (Å²) in [5.41, 5.74) is 0. The Morgan fingerprint density at radius 1 is 1.62 bits per heavy atom. The Morgan fingerprint density at radius 3 is 3.19 bits per heavy atom. The number of methoxy groups -OCH3 is 1. The zero-order valence-corrected chi connectivity index (χ0v) is 13.0. The van der Waals surface area contributed by atoms with E-state index in [1.165, 1.54) is 30.6 Å². The van der Waals surface area contributed by atoms with Crippen molar-refractivity contribution in [1.29, 1.82) is 0 Å². The molecule has 2 aliphatic rings. The van der Waals surface area contributed by atoms with Gasteiger partial charge in [-0.2, -0.15) is 0 Å². The van der Waals surface area contributed by atoms with Crippen LogP contribution < -0.4 is 5.32 Å². The maximum Gasteiger partial charge on any atom is 0.323 e. The second-order valence-corrected chi connectivity index (χ2v) is 6.66. The lowest BCUT2D eigenvalue weighted by atomic mass is 9.80. The molecule has 0 bridgehead atoms. The number of carbonyl (C=O) groups excluding carboxylic acids is 1. The molecule has 116 valence electrons. The van der Waals surface area contributed by atoms with Crippen LogP contribution in [-0.2, 0) is 16.1 Å². The summed E-state index contributed by atoms with van der Waals surface area (Å²) >= 11 is 1.45. The molecule has 1 saturated heterocycles. The van der Waals surface area contributed by atoms with Crippen molar-refractivity contribution in [2.75, 3.05) is 32.1 Å². The van der Waals surface area contributed by atoms with Crippen molar-refractivity contribution in [2.45, 2.75) is 32.0 Å². The zero-order valence-electron chi connectivity index (χ0n) is 12.2. The van der Waals surface area contributed by atoms with Crippen molar-refractivity contribution in [2.24, 2.45) is 5.92 Å². The van der Waals surface area contributed by atoms with Gasteiger partial charge in [-0.25, -0.2) is 9.78 Å². The summed E-state index contributed by atoms with van der Waals surface area (Å²) in [6.45, 7) is 2.48. The smallest absolute Gasteiger partial charge is 0.323 e. The molecule has 3 rings (SSSR count). The van der Waals surface area contributed by atoms with Gasteiger partial charge in [0.15, 0.2) is 5.13 Å². The van der Waals surface area contributed by atoms with Crippen LogP contribution in [0.4, 0.5) is 9.93 Å². The number of ether oxygens (including phenoxy) is 2. The number of amides is 2. The molecule has 1 atom stereocenters. The van der Waals surface area contributed by atoms with Crippen molar-refractivity contribution in [3.63, 3.8) is 0 Å². The molecule has 1 aliphatic heterocycles. The van der Waals surface area contributed by atoms with E-state index < -0.39 is 0 Å². The van der Waals surface area contributed by atoms with Crippen molar-refractivity contribution < 1.29 is 14.3 Å². The van der Waals surface area contributed by atoms with Crippen LogP contribution in [0.5, 0.6) is 0 Å². The van der Waals surface area contributed by atoms with E-state index in [-0.39, 0.29) is 12.1 Å². The fourth-order valence-corrected chi connectivity index (χ4v) is 3.48. The number of rotatable bonds is 4. The fourth-order valence-electron chi connectivity index (χ4n) is 2.70. The maximum atomic E-state index is 12.3. The summed E-state index contributed by atoms with van der Waals surface area (Å²) in [4.78, 5) is 19.3. The highest BCUT2D eigenvalue weighted by Gasteiger charge is 2.33. The third kappa shape index (κ3) is 3.53. The Balaban J connectivity index is 1.53. The Hall–Kier alpha value is -1.18. The number of carbonyl (C=O) groups is 1. The molecule has 1 aliphatic carbocycles. The van der Waals surface area contributed by atoms with Gasteiger partial charge in [0, 0.05) is 26.4 Å². The summed E-state index contributed by atoms with van der Waals surface area (Å²) in [6.07, 6.45) is 5.69. The van der Waals surface area contributed by atoms with Crippen molar-refractivity contribution in [3.8, 4) is 0 Å². The molecule has 0 spiro atoms. The Morgan fingerprint density at radius 2 is 2.48 bits per heavy atom. The minimum Gasteiger partial charge on any atom is -0.379 e. The lowest BCUT2D eigenvalue weighted by Crippen LogP contribution is -2.50. The van der Waals surface area contributed by atoms with Crippen LogP contribution in [0.25, 0.3) is 0 Å². The van der Waals surface area contributed by atoms with E-state index >= 15 is 0 Å². The monoisotopic (exact) mass is 311 g/mol.